The zero-order valence-corrected chi connectivity index (χ0v) is 27.4. The highest BCUT2D eigenvalue weighted by Crippen LogP contribution is 2.49. The van der Waals surface area contributed by atoms with Crippen molar-refractivity contribution in [3.8, 4) is 5.75 Å². The van der Waals surface area contributed by atoms with Crippen LogP contribution in [0.2, 0.25) is 5.02 Å². The van der Waals surface area contributed by atoms with Crippen LogP contribution in [0.3, 0.4) is 0 Å². The summed E-state index contributed by atoms with van der Waals surface area (Å²) >= 11 is 6.59. The molecule has 1 aromatic carbocycles. The van der Waals surface area contributed by atoms with E-state index >= 15 is 0 Å². The van der Waals surface area contributed by atoms with Crippen LogP contribution in [-0.4, -0.2) is 72.3 Å². The summed E-state index contributed by atoms with van der Waals surface area (Å²) in [5.74, 6) is 0.574. The van der Waals surface area contributed by atoms with E-state index in [9.17, 15) is 19.5 Å². The standard InChI is InChI=1S/C35H36ClN7O5/c1-20-17-26-29(35(20)10-13-41(14-11-35)33(47)30-27(44)3-2-12-37-30)32(46)43-34(39-31(40-43)22-8-15-48-16-9-22)42(26)19-28(45)38-25-7-6-23(18-24(25)36)21-4-5-21/h2-3,6-8,12,18,20-21,44H,4-5,9-11,13-17,19H2,1H3,(H,38,45). The number of hydrogen-bond acceptors (Lipinski definition) is 8. The number of amides is 2. The van der Waals surface area contributed by atoms with Gasteiger partial charge >= 0.3 is 0 Å². The van der Waals surface area contributed by atoms with Gasteiger partial charge in [0.1, 0.15) is 12.3 Å². The van der Waals surface area contributed by atoms with Crippen molar-refractivity contribution in [3.05, 3.63) is 86.3 Å². The van der Waals surface area contributed by atoms with E-state index in [4.69, 9.17) is 26.4 Å². The summed E-state index contributed by atoms with van der Waals surface area (Å²) in [5.41, 5.74) is 3.26. The summed E-state index contributed by atoms with van der Waals surface area (Å²) < 4.78 is 8.66. The summed E-state index contributed by atoms with van der Waals surface area (Å²) in [4.78, 5) is 52.1. The van der Waals surface area contributed by atoms with Crippen LogP contribution in [0.4, 0.5) is 5.69 Å². The van der Waals surface area contributed by atoms with E-state index in [1.807, 2.05) is 28.8 Å². The Morgan fingerprint density at radius 3 is 2.71 bits per heavy atom. The maximum atomic E-state index is 14.4. The molecule has 13 heteroatoms. The summed E-state index contributed by atoms with van der Waals surface area (Å²) in [5, 5.41) is 18.4. The molecule has 3 aromatic heterocycles. The molecule has 1 atom stereocenters. The molecule has 2 N–H and O–H groups in total. The number of fused-ring (bicyclic) bond motifs is 3. The molecule has 4 aliphatic rings. The number of carbonyl (C=O) groups excluding carboxylic acids is 2. The molecule has 2 amide bonds. The highest BCUT2D eigenvalue weighted by molar-refractivity contribution is 6.33. The predicted octanol–water partition coefficient (Wildman–Crippen LogP) is 4.33. The van der Waals surface area contributed by atoms with Crippen molar-refractivity contribution < 1.29 is 19.4 Å². The number of ether oxygens (including phenoxy) is 1. The lowest BCUT2D eigenvalue weighted by Gasteiger charge is -2.42. The first-order valence-electron chi connectivity index (χ1n) is 16.6. The minimum absolute atomic E-state index is 0.0169. The monoisotopic (exact) mass is 669 g/mol. The lowest BCUT2D eigenvalue weighted by Crippen LogP contribution is -2.49. The lowest BCUT2D eigenvalue weighted by atomic mass is 9.69. The van der Waals surface area contributed by atoms with Crippen molar-refractivity contribution in [2.75, 3.05) is 31.6 Å². The number of pyridine rings is 1. The van der Waals surface area contributed by atoms with Crippen molar-refractivity contribution in [3.63, 3.8) is 0 Å². The molecule has 0 bridgehead atoms. The normalized spacial score (nSPS) is 20.2. The second kappa shape index (κ2) is 11.9. The van der Waals surface area contributed by atoms with Gasteiger partial charge in [0, 0.05) is 36.0 Å². The second-order valence-corrected chi connectivity index (χ2v) is 13.8. The molecule has 0 radical (unpaired) electrons. The molecule has 48 heavy (non-hydrogen) atoms. The molecule has 1 unspecified atom stereocenters. The molecule has 2 aliphatic heterocycles. The molecule has 248 valence electrons. The van der Waals surface area contributed by atoms with Crippen molar-refractivity contribution in [2.45, 2.75) is 63.3 Å². The Balaban J connectivity index is 1.16. The number of likely N-dealkylation sites (tertiary alicyclic amines) is 1. The molecule has 4 aromatic rings. The number of piperidine rings is 1. The molecule has 12 nitrogen and oxygen atoms in total. The molecule has 1 saturated heterocycles. The Bertz CT molecular complexity index is 2060. The average molecular weight is 670 g/mol. The van der Waals surface area contributed by atoms with Crippen LogP contribution in [0.5, 0.6) is 5.75 Å². The number of rotatable bonds is 6. The number of halogens is 1. The molecule has 5 heterocycles. The van der Waals surface area contributed by atoms with Crippen molar-refractivity contribution in [1.82, 2.24) is 29.0 Å². The van der Waals surface area contributed by atoms with E-state index in [1.54, 1.807) is 11.0 Å². The molecular weight excluding hydrogens is 634 g/mol. The van der Waals surface area contributed by atoms with E-state index in [1.165, 1.54) is 22.3 Å². The predicted molar refractivity (Wildman–Crippen MR) is 178 cm³/mol. The van der Waals surface area contributed by atoms with Crippen LogP contribution in [0.15, 0.2) is 47.4 Å². The van der Waals surface area contributed by atoms with Crippen molar-refractivity contribution in [2.24, 2.45) is 5.92 Å². The minimum Gasteiger partial charge on any atom is -0.505 e. The van der Waals surface area contributed by atoms with Crippen LogP contribution in [0.25, 0.3) is 11.4 Å². The molecular formula is C35H36ClN7O5. The van der Waals surface area contributed by atoms with Crippen molar-refractivity contribution in [1.29, 1.82) is 0 Å². The number of aromatic nitrogens is 5. The number of anilines is 1. The molecule has 8 rings (SSSR count). The molecule has 1 saturated carbocycles. The summed E-state index contributed by atoms with van der Waals surface area (Å²) in [6.07, 6.45) is 7.99. The van der Waals surface area contributed by atoms with E-state index < -0.39 is 5.41 Å². The van der Waals surface area contributed by atoms with Gasteiger partial charge in [-0.1, -0.05) is 30.7 Å². The van der Waals surface area contributed by atoms with Gasteiger partial charge in [-0.3, -0.25) is 14.4 Å². The summed E-state index contributed by atoms with van der Waals surface area (Å²) in [6, 6.07) is 8.81. The van der Waals surface area contributed by atoms with E-state index in [0.717, 1.165) is 24.1 Å². The maximum Gasteiger partial charge on any atom is 0.279 e. The Morgan fingerprint density at radius 2 is 2.00 bits per heavy atom. The third-order valence-corrected chi connectivity index (χ3v) is 10.9. The molecule has 1 spiro atoms. The van der Waals surface area contributed by atoms with Gasteiger partial charge in [-0.05, 0) is 85.8 Å². The largest absolute Gasteiger partial charge is 0.505 e. The zero-order chi connectivity index (χ0) is 33.2. The van der Waals surface area contributed by atoms with Gasteiger partial charge in [-0.25, -0.2) is 4.98 Å². The summed E-state index contributed by atoms with van der Waals surface area (Å²) in [7, 11) is 0. The van der Waals surface area contributed by atoms with Gasteiger partial charge in [0.25, 0.3) is 11.5 Å². The van der Waals surface area contributed by atoms with Gasteiger partial charge < -0.3 is 24.6 Å². The number of carbonyl (C=O) groups is 2. The fourth-order valence-corrected chi connectivity index (χ4v) is 8.01. The SMILES string of the molecule is CC1Cc2c(c(=O)n3nc(C4=CCOCC4)nc3n2CC(=O)Nc2ccc(C3CC3)cc2Cl)C12CCN(C(=O)c1ncccc1O)CC2. The number of benzene rings is 1. The Morgan fingerprint density at radius 1 is 1.19 bits per heavy atom. The highest BCUT2D eigenvalue weighted by Gasteiger charge is 2.50. The van der Waals surface area contributed by atoms with Crippen LogP contribution < -0.4 is 10.9 Å². The minimum atomic E-state index is -0.534. The number of nitrogens with one attached hydrogen (secondary N) is 1. The van der Waals surface area contributed by atoms with E-state index in [-0.39, 0.29) is 41.3 Å². The first-order chi connectivity index (χ1) is 23.2. The topological polar surface area (TPSA) is 144 Å². The Kier molecular flexibility index (Phi) is 7.59. The average Bonchev–Trinajstić information content (AvgIpc) is 3.78. The second-order valence-electron chi connectivity index (χ2n) is 13.4. The molecule has 2 fully saturated rings. The quantitative estimate of drug-likeness (QED) is 0.309. The van der Waals surface area contributed by atoms with Gasteiger partial charge in [-0.2, -0.15) is 9.50 Å². The third kappa shape index (κ3) is 5.18. The maximum absolute atomic E-state index is 14.4. The first kappa shape index (κ1) is 30.8. The molecule has 2 aliphatic carbocycles. The fourth-order valence-electron chi connectivity index (χ4n) is 7.78. The summed E-state index contributed by atoms with van der Waals surface area (Å²) in [6.45, 7) is 3.81. The van der Waals surface area contributed by atoms with E-state index in [2.05, 4.69) is 17.2 Å². The third-order valence-electron chi connectivity index (χ3n) is 10.6. The van der Waals surface area contributed by atoms with Gasteiger partial charge in [0.15, 0.2) is 11.5 Å². The fraction of sp³-hybridized carbons (Fsp3) is 0.429. The van der Waals surface area contributed by atoms with Crippen molar-refractivity contribution >= 4 is 40.5 Å². The van der Waals surface area contributed by atoms with Gasteiger partial charge in [0.05, 0.1) is 23.9 Å². The van der Waals surface area contributed by atoms with Crippen LogP contribution in [-0.2, 0) is 27.9 Å². The van der Waals surface area contributed by atoms with Gasteiger partial charge in [0.2, 0.25) is 11.7 Å². The van der Waals surface area contributed by atoms with E-state index in [0.29, 0.717) is 85.8 Å². The van der Waals surface area contributed by atoms with Crippen LogP contribution >= 0.6 is 11.6 Å². The zero-order valence-electron chi connectivity index (χ0n) is 26.6. The Hall–Kier alpha value is -4.55. The smallest absolute Gasteiger partial charge is 0.279 e. The Labute approximate surface area is 281 Å². The van der Waals surface area contributed by atoms with Gasteiger partial charge in [-0.15, -0.1) is 5.10 Å². The lowest BCUT2D eigenvalue weighted by molar-refractivity contribution is -0.116. The number of nitrogens with zero attached hydrogens (tertiary/aromatic N) is 6. The highest BCUT2D eigenvalue weighted by atomic mass is 35.5. The van der Waals surface area contributed by atoms with Crippen LogP contribution in [0, 0.1) is 5.92 Å². The number of hydrogen-bond donors (Lipinski definition) is 2. The number of aromatic hydroxyl groups is 1. The first-order valence-corrected chi connectivity index (χ1v) is 16.9. The van der Waals surface area contributed by atoms with Crippen LogP contribution in [0.1, 0.15) is 78.1 Å².